The van der Waals surface area contributed by atoms with E-state index < -0.39 is 0 Å². The van der Waals surface area contributed by atoms with Crippen molar-refractivity contribution < 1.29 is 13.5 Å². The van der Waals surface area contributed by atoms with Gasteiger partial charge in [0, 0.05) is 12.1 Å². The van der Waals surface area contributed by atoms with Crippen molar-refractivity contribution in [1.82, 2.24) is 5.32 Å². The third-order valence-electron chi connectivity index (χ3n) is 2.46. The van der Waals surface area contributed by atoms with Gasteiger partial charge in [-0.25, -0.2) is 4.39 Å². The Kier molecular flexibility index (Phi) is 4.23. The SMILES string of the molecule is CNCc1ccoc1COc1ccc(F)cc1Cl. The van der Waals surface area contributed by atoms with Gasteiger partial charge in [0.1, 0.15) is 23.9 Å². The first kappa shape index (κ1) is 12.9. The summed E-state index contributed by atoms with van der Waals surface area (Å²) < 4.78 is 23.7. The summed E-state index contributed by atoms with van der Waals surface area (Å²) in [5.74, 6) is 0.774. The molecule has 1 aromatic carbocycles. The van der Waals surface area contributed by atoms with Crippen molar-refractivity contribution in [3.05, 3.63) is 52.7 Å². The monoisotopic (exact) mass is 269 g/mol. The van der Waals surface area contributed by atoms with E-state index in [1.54, 1.807) is 6.26 Å². The second kappa shape index (κ2) is 5.89. The number of hydrogen-bond acceptors (Lipinski definition) is 3. The van der Waals surface area contributed by atoms with Crippen LogP contribution in [-0.4, -0.2) is 7.05 Å². The molecule has 0 spiro atoms. The number of rotatable bonds is 5. The van der Waals surface area contributed by atoms with E-state index in [9.17, 15) is 4.39 Å². The van der Waals surface area contributed by atoms with Gasteiger partial charge in [-0.3, -0.25) is 0 Å². The molecule has 0 aliphatic rings. The van der Waals surface area contributed by atoms with E-state index in [1.165, 1.54) is 18.2 Å². The molecule has 0 radical (unpaired) electrons. The fraction of sp³-hybridized carbons (Fsp3) is 0.231. The van der Waals surface area contributed by atoms with E-state index in [0.717, 1.165) is 11.3 Å². The normalized spacial score (nSPS) is 10.6. The van der Waals surface area contributed by atoms with Crippen LogP contribution in [-0.2, 0) is 13.2 Å². The van der Waals surface area contributed by atoms with Gasteiger partial charge in [0.05, 0.1) is 11.3 Å². The van der Waals surface area contributed by atoms with Crippen molar-refractivity contribution in [3.63, 3.8) is 0 Å². The molecule has 0 amide bonds. The highest BCUT2D eigenvalue weighted by Crippen LogP contribution is 2.26. The molecule has 96 valence electrons. The van der Waals surface area contributed by atoms with Crippen LogP contribution in [0, 0.1) is 5.82 Å². The summed E-state index contributed by atoms with van der Waals surface area (Å²) >= 11 is 5.86. The molecule has 0 bridgehead atoms. The van der Waals surface area contributed by atoms with Gasteiger partial charge in [-0.2, -0.15) is 0 Å². The summed E-state index contributed by atoms with van der Waals surface area (Å²) in [4.78, 5) is 0. The lowest BCUT2D eigenvalue weighted by atomic mass is 10.2. The Morgan fingerprint density at radius 2 is 2.22 bits per heavy atom. The zero-order valence-electron chi connectivity index (χ0n) is 9.87. The molecule has 0 aliphatic heterocycles. The van der Waals surface area contributed by atoms with E-state index in [0.29, 0.717) is 12.3 Å². The molecule has 1 aromatic heterocycles. The number of benzene rings is 1. The summed E-state index contributed by atoms with van der Waals surface area (Å²) in [6.45, 7) is 0.960. The number of nitrogens with one attached hydrogen (secondary N) is 1. The van der Waals surface area contributed by atoms with Gasteiger partial charge in [-0.1, -0.05) is 11.6 Å². The Morgan fingerprint density at radius 3 is 2.94 bits per heavy atom. The molecule has 0 aliphatic carbocycles. The molecule has 0 unspecified atom stereocenters. The quantitative estimate of drug-likeness (QED) is 0.904. The first-order valence-electron chi connectivity index (χ1n) is 5.48. The van der Waals surface area contributed by atoms with Crippen LogP contribution in [0.2, 0.25) is 5.02 Å². The Bertz CT molecular complexity index is 527. The van der Waals surface area contributed by atoms with Gasteiger partial charge in [0.15, 0.2) is 0 Å². The standard InChI is InChI=1S/C13H13ClFNO2/c1-16-7-9-4-5-17-13(9)8-18-12-3-2-10(15)6-11(12)14/h2-6,16H,7-8H2,1H3. The molecular formula is C13H13ClFNO2. The molecule has 3 nitrogen and oxygen atoms in total. The molecular weight excluding hydrogens is 257 g/mol. The highest BCUT2D eigenvalue weighted by Gasteiger charge is 2.08. The van der Waals surface area contributed by atoms with E-state index >= 15 is 0 Å². The summed E-state index contributed by atoms with van der Waals surface area (Å²) in [6.07, 6.45) is 1.61. The summed E-state index contributed by atoms with van der Waals surface area (Å²) in [6, 6.07) is 5.89. The van der Waals surface area contributed by atoms with E-state index in [2.05, 4.69) is 5.32 Å². The molecule has 1 N–H and O–H groups in total. The Hall–Kier alpha value is -1.52. The maximum Gasteiger partial charge on any atom is 0.146 e. The van der Waals surface area contributed by atoms with Crippen molar-refractivity contribution in [2.24, 2.45) is 0 Å². The predicted molar refractivity (Wildman–Crippen MR) is 67.2 cm³/mol. The van der Waals surface area contributed by atoms with Crippen LogP contribution in [0.3, 0.4) is 0 Å². The van der Waals surface area contributed by atoms with Gasteiger partial charge < -0.3 is 14.5 Å². The number of hydrogen-bond donors (Lipinski definition) is 1. The Balaban J connectivity index is 2.04. The minimum atomic E-state index is -0.388. The molecule has 2 rings (SSSR count). The zero-order chi connectivity index (χ0) is 13.0. The summed E-state index contributed by atoms with van der Waals surface area (Å²) in [5, 5.41) is 3.28. The van der Waals surface area contributed by atoms with Crippen molar-refractivity contribution in [3.8, 4) is 5.75 Å². The van der Waals surface area contributed by atoms with Crippen LogP contribution in [0.25, 0.3) is 0 Å². The fourth-order valence-electron chi connectivity index (χ4n) is 1.58. The average molecular weight is 270 g/mol. The molecule has 0 fully saturated rings. The molecule has 0 saturated carbocycles. The van der Waals surface area contributed by atoms with Gasteiger partial charge in [-0.15, -0.1) is 0 Å². The lowest BCUT2D eigenvalue weighted by Crippen LogP contribution is -2.07. The van der Waals surface area contributed by atoms with Gasteiger partial charge in [0.25, 0.3) is 0 Å². The number of furan rings is 1. The average Bonchev–Trinajstić information content (AvgIpc) is 2.76. The third-order valence-corrected chi connectivity index (χ3v) is 2.75. The third kappa shape index (κ3) is 3.03. The first-order valence-corrected chi connectivity index (χ1v) is 5.86. The lowest BCUT2D eigenvalue weighted by molar-refractivity contribution is 0.268. The molecule has 2 aromatic rings. The smallest absolute Gasteiger partial charge is 0.146 e. The van der Waals surface area contributed by atoms with Crippen LogP contribution in [0.15, 0.2) is 34.9 Å². The van der Waals surface area contributed by atoms with Crippen LogP contribution in [0.5, 0.6) is 5.75 Å². The second-order valence-electron chi connectivity index (χ2n) is 3.76. The summed E-state index contributed by atoms with van der Waals surface area (Å²) in [7, 11) is 1.86. The van der Waals surface area contributed by atoms with Crippen LogP contribution >= 0.6 is 11.6 Å². The van der Waals surface area contributed by atoms with Crippen LogP contribution in [0.1, 0.15) is 11.3 Å². The largest absolute Gasteiger partial charge is 0.484 e. The van der Waals surface area contributed by atoms with Crippen LogP contribution < -0.4 is 10.1 Å². The van der Waals surface area contributed by atoms with Crippen molar-refractivity contribution in [2.75, 3.05) is 7.05 Å². The maximum atomic E-state index is 12.9. The number of halogens is 2. The van der Waals surface area contributed by atoms with Crippen molar-refractivity contribution in [2.45, 2.75) is 13.2 Å². The molecule has 0 atom stereocenters. The van der Waals surface area contributed by atoms with E-state index in [4.69, 9.17) is 20.8 Å². The zero-order valence-corrected chi connectivity index (χ0v) is 10.6. The molecule has 18 heavy (non-hydrogen) atoms. The van der Waals surface area contributed by atoms with Gasteiger partial charge >= 0.3 is 0 Å². The van der Waals surface area contributed by atoms with Crippen molar-refractivity contribution in [1.29, 1.82) is 0 Å². The van der Waals surface area contributed by atoms with Gasteiger partial charge in [-0.05, 0) is 31.3 Å². The molecule has 1 heterocycles. The highest BCUT2D eigenvalue weighted by molar-refractivity contribution is 6.32. The van der Waals surface area contributed by atoms with E-state index in [1.807, 2.05) is 13.1 Å². The Morgan fingerprint density at radius 1 is 1.39 bits per heavy atom. The maximum absolute atomic E-state index is 12.9. The molecule has 0 saturated heterocycles. The first-order chi connectivity index (χ1) is 8.70. The van der Waals surface area contributed by atoms with E-state index in [-0.39, 0.29) is 17.4 Å². The minimum absolute atomic E-state index is 0.247. The predicted octanol–water partition coefficient (Wildman–Crippen LogP) is 3.37. The summed E-state index contributed by atoms with van der Waals surface area (Å²) in [5.41, 5.74) is 1.02. The Labute approximate surface area is 110 Å². The van der Waals surface area contributed by atoms with Crippen LogP contribution in [0.4, 0.5) is 4.39 Å². The topological polar surface area (TPSA) is 34.4 Å². The number of ether oxygens (including phenoxy) is 1. The minimum Gasteiger partial charge on any atom is -0.484 e. The second-order valence-corrected chi connectivity index (χ2v) is 4.17. The van der Waals surface area contributed by atoms with Gasteiger partial charge in [0.2, 0.25) is 0 Å². The van der Waals surface area contributed by atoms with Crippen molar-refractivity contribution >= 4 is 11.6 Å². The fourth-order valence-corrected chi connectivity index (χ4v) is 1.80. The lowest BCUT2D eigenvalue weighted by Gasteiger charge is -2.07. The molecule has 5 heteroatoms. The highest BCUT2D eigenvalue weighted by atomic mass is 35.5.